The van der Waals surface area contributed by atoms with Crippen LogP contribution in [0.1, 0.15) is 13.3 Å². The number of hydrogen-bond donors (Lipinski definition) is 1. The van der Waals surface area contributed by atoms with Gasteiger partial charge in [0.2, 0.25) is 0 Å². The van der Waals surface area contributed by atoms with Crippen molar-refractivity contribution in [2.75, 3.05) is 12.3 Å². The number of rotatable bonds is 2. The summed E-state index contributed by atoms with van der Waals surface area (Å²) in [6.07, 6.45) is 1.16. The van der Waals surface area contributed by atoms with Gasteiger partial charge in [-0.15, -0.1) is 11.8 Å². The summed E-state index contributed by atoms with van der Waals surface area (Å²) >= 11 is 1.68. The van der Waals surface area contributed by atoms with Crippen molar-refractivity contribution in [2.45, 2.75) is 18.4 Å². The van der Waals surface area contributed by atoms with Crippen molar-refractivity contribution in [3.05, 3.63) is 0 Å². The highest BCUT2D eigenvalue weighted by Gasteiger charge is 2.26. The fourth-order valence-electron chi connectivity index (χ4n) is 0.873. The molecule has 1 saturated heterocycles. The molecule has 1 aliphatic heterocycles. The molecule has 60 valence electrons. The van der Waals surface area contributed by atoms with Gasteiger partial charge in [0.15, 0.2) is 13.7 Å². The van der Waals surface area contributed by atoms with Gasteiger partial charge < -0.3 is 4.52 Å². The van der Waals surface area contributed by atoms with Gasteiger partial charge in [-0.25, -0.2) is 0 Å². The van der Waals surface area contributed by atoms with Gasteiger partial charge in [-0.2, -0.15) is 0 Å². The molecule has 0 saturated carbocycles. The third kappa shape index (κ3) is 2.27. The van der Waals surface area contributed by atoms with E-state index in [4.69, 9.17) is 4.52 Å². The van der Waals surface area contributed by atoms with Gasteiger partial charge in [0, 0.05) is 0 Å². The zero-order valence-electron chi connectivity index (χ0n) is 5.92. The maximum absolute atomic E-state index is 10.2. The van der Waals surface area contributed by atoms with Crippen LogP contribution in [0.25, 0.3) is 0 Å². The highest BCUT2D eigenvalue weighted by molar-refractivity contribution is 8.00. The minimum atomic E-state index is -1.10. The van der Waals surface area contributed by atoms with Gasteiger partial charge in [0.25, 0.3) is 0 Å². The van der Waals surface area contributed by atoms with Gasteiger partial charge in [-0.05, 0) is 25.6 Å². The van der Waals surface area contributed by atoms with Crippen LogP contribution in [0, 0.1) is 0 Å². The molecule has 0 radical (unpaired) electrons. The second kappa shape index (κ2) is 3.77. The monoisotopic (exact) mass is 181 g/mol. The second-order valence-corrected chi connectivity index (χ2v) is 4.19. The van der Waals surface area contributed by atoms with Crippen molar-refractivity contribution in [1.29, 1.82) is 0 Å². The molecule has 3 nitrogen and oxygen atoms in total. The average Bonchev–Trinajstić information content (AvgIpc) is 1.89. The van der Waals surface area contributed by atoms with E-state index >= 15 is 0 Å². The van der Waals surface area contributed by atoms with E-state index in [9.17, 15) is 4.57 Å². The second-order valence-electron chi connectivity index (χ2n) is 2.29. The molecule has 1 fully saturated rings. The Hall–Kier alpha value is 0.500. The molecule has 0 bridgehead atoms. The number of nitrogens with one attached hydrogen (secondary N) is 1. The Bertz CT molecular complexity index is 127. The first-order valence-electron chi connectivity index (χ1n) is 3.27. The van der Waals surface area contributed by atoms with E-state index in [1.54, 1.807) is 11.8 Å². The average molecular weight is 181 g/mol. The lowest BCUT2D eigenvalue weighted by Gasteiger charge is -2.31. The molecule has 0 aromatic rings. The minimum absolute atomic E-state index is 0.380. The summed E-state index contributed by atoms with van der Waals surface area (Å²) < 4.78 is 15.3. The maximum atomic E-state index is 10.2. The van der Waals surface area contributed by atoms with Crippen molar-refractivity contribution in [2.24, 2.45) is 0 Å². The van der Waals surface area contributed by atoms with Gasteiger partial charge in [-0.3, -0.25) is 9.88 Å². The fraction of sp³-hybridized carbons (Fsp3) is 1.00. The molecular formula is C5H12NO2PS. The largest absolute Gasteiger partial charge is 0.301 e. The van der Waals surface area contributed by atoms with E-state index in [2.05, 4.69) is 5.32 Å². The molecule has 1 aliphatic rings. The van der Waals surface area contributed by atoms with E-state index in [0.29, 0.717) is 0 Å². The standard InChI is InChI=1S/C5H12NO2PS/c1-5(8-9-7)6-3-2-4-10-5/h6H,2-4,9H2,1H3. The van der Waals surface area contributed by atoms with Crippen LogP contribution in [-0.2, 0) is 9.09 Å². The van der Waals surface area contributed by atoms with E-state index in [0.717, 1.165) is 18.7 Å². The van der Waals surface area contributed by atoms with Gasteiger partial charge in [0.1, 0.15) is 0 Å². The summed E-state index contributed by atoms with van der Waals surface area (Å²) in [5.74, 6) is 1.09. The predicted molar refractivity (Wildman–Crippen MR) is 45.0 cm³/mol. The van der Waals surface area contributed by atoms with Gasteiger partial charge >= 0.3 is 0 Å². The lowest BCUT2D eigenvalue weighted by molar-refractivity contribution is 0.162. The highest BCUT2D eigenvalue weighted by atomic mass is 32.2. The predicted octanol–water partition coefficient (Wildman–Crippen LogP) is 1.07. The maximum Gasteiger partial charge on any atom is 0.182 e. The minimum Gasteiger partial charge on any atom is -0.301 e. The Labute approximate surface area is 66.2 Å². The normalized spacial score (nSPS) is 35.3. The lowest BCUT2D eigenvalue weighted by atomic mass is 10.4. The zero-order chi connectivity index (χ0) is 7.45. The van der Waals surface area contributed by atoms with Crippen molar-refractivity contribution in [1.82, 2.24) is 5.32 Å². The van der Waals surface area contributed by atoms with Crippen LogP contribution >= 0.6 is 20.4 Å². The van der Waals surface area contributed by atoms with Crippen molar-refractivity contribution in [3.63, 3.8) is 0 Å². The zero-order valence-corrected chi connectivity index (χ0v) is 7.89. The fourth-order valence-corrected chi connectivity index (χ4v) is 2.41. The van der Waals surface area contributed by atoms with Crippen LogP contribution in [0.3, 0.4) is 0 Å². The Balaban J connectivity index is 2.39. The summed E-state index contributed by atoms with van der Waals surface area (Å²) in [6.45, 7) is 2.88. The molecule has 0 amide bonds. The topological polar surface area (TPSA) is 38.3 Å². The van der Waals surface area contributed by atoms with Crippen LogP contribution in [0.2, 0.25) is 0 Å². The highest BCUT2D eigenvalue weighted by Crippen LogP contribution is 2.30. The quantitative estimate of drug-likeness (QED) is 0.647. The molecule has 0 aromatic heterocycles. The van der Waals surface area contributed by atoms with E-state index in [-0.39, 0.29) is 5.06 Å². The molecule has 2 unspecified atom stereocenters. The van der Waals surface area contributed by atoms with E-state index in [1.807, 2.05) is 6.92 Å². The van der Waals surface area contributed by atoms with Crippen LogP contribution in [0.5, 0.6) is 0 Å². The number of hydrogen-bond acceptors (Lipinski definition) is 4. The Morgan fingerprint density at radius 2 is 2.60 bits per heavy atom. The van der Waals surface area contributed by atoms with E-state index < -0.39 is 8.69 Å². The van der Waals surface area contributed by atoms with Crippen LogP contribution in [0.4, 0.5) is 0 Å². The molecule has 0 aliphatic carbocycles. The third-order valence-corrected chi connectivity index (χ3v) is 3.44. The van der Waals surface area contributed by atoms with Crippen molar-refractivity contribution >= 4 is 20.4 Å². The summed E-state index contributed by atoms with van der Waals surface area (Å²) in [4.78, 5) is 0. The summed E-state index contributed by atoms with van der Waals surface area (Å²) in [5.41, 5.74) is 0. The molecule has 1 rings (SSSR count). The first-order chi connectivity index (χ1) is 4.77. The van der Waals surface area contributed by atoms with Gasteiger partial charge in [-0.1, -0.05) is 0 Å². The van der Waals surface area contributed by atoms with E-state index in [1.165, 1.54) is 0 Å². The Kier molecular flexibility index (Phi) is 3.24. The Morgan fingerprint density at radius 1 is 1.80 bits per heavy atom. The first kappa shape index (κ1) is 8.60. The molecular weight excluding hydrogens is 169 g/mol. The summed E-state index contributed by atoms with van der Waals surface area (Å²) in [7, 11) is -1.10. The number of thioether (sulfide) groups is 1. The van der Waals surface area contributed by atoms with Crippen molar-refractivity contribution in [3.8, 4) is 0 Å². The molecule has 1 heterocycles. The first-order valence-corrected chi connectivity index (χ1v) is 5.20. The molecule has 10 heavy (non-hydrogen) atoms. The van der Waals surface area contributed by atoms with Crippen molar-refractivity contribution < 1.29 is 9.09 Å². The molecule has 0 spiro atoms. The molecule has 2 atom stereocenters. The van der Waals surface area contributed by atoms with Crippen LogP contribution in [-0.4, -0.2) is 17.4 Å². The smallest absolute Gasteiger partial charge is 0.182 e. The summed E-state index contributed by atoms with van der Waals surface area (Å²) in [5, 5.41) is 2.78. The molecule has 0 aromatic carbocycles. The van der Waals surface area contributed by atoms with Crippen LogP contribution in [0.15, 0.2) is 0 Å². The Morgan fingerprint density at radius 3 is 3.10 bits per heavy atom. The third-order valence-electron chi connectivity index (χ3n) is 1.42. The summed E-state index contributed by atoms with van der Waals surface area (Å²) in [6, 6.07) is 0. The SMILES string of the molecule is CC1(O[PH2]=O)NCCCS1. The molecule has 1 N–H and O–H groups in total. The van der Waals surface area contributed by atoms with Crippen LogP contribution < -0.4 is 5.32 Å². The van der Waals surface area contributed by atoms with Gasteiger partial charge in [0.05, 0.1) is 0 Å². The molecule has 5 heteroatoms. The lowest BCUT2D eigenvalue weighted by Crippen LogP contribution is -2.43.